The van der Waals surface area contributed by atoms with Crippen molar-refractivity contribution < 1.29 is 4.74 Å². The van der Waals surface area contributed by atoms with E-state index >= 15 is 0 Å². The second kappa shape index (κ2) is 6.70. The number of rotatable bonds is 4. The second-order valence-electron chi connectivity index (χ2n) is 4.85. The maximum Gasteiger partial charge on any atom is 0.171 e. The molecule has 2 N–H and O–H groups in total. The molecule has 1 aromatic heterocycles. The predicted octanol–water partition coefficient (Wildman–Crippen LogP) is 2.98. The van der Waals surface area contributed by atoms with Gasteiger partial charge in [-0.15, -0.1) is 5.10 Å². The lowest BCUT2D eigenvalue weighted by Crippen LogP contribution is -2.14. The summed E-state index contributed by atoms with van der Waals surface area (Å²) in [6, 6.07) is 17.3. The number of nitrogens with two attached hydrogens (primary N) is 1. The third-order valence-electron chi connectivity index (χ3n) is 3.43. The molecule has 5 heteroatoms. The minimum Gasteiger partial charge on any atom is -0.496 e. The fourth-order valence-corrected chi connectivity index (χ4v) is 2.30. The number of methoxy groups -OCH3 is 1. The molecule has 3 aromatic rings. The van der Waals surface area contributed by atoms with Gasteiger partial charge >= 0.3 is 0 Å². The van der Waals surface area contributed by atoms with Crippen molar-refractivity contribution in [2.75, 3.05) is 7.11 Å². The van der Waals surface area contributed by atoms with E-state index in [1.54, 1.807) is 25.6 Å². The zero-order chi connectivity index (χ0) is 16.1. The van der Waals surface area contributed by atoms with Gasteiger partial charge in [-0.1, -0.05) is 30.3 Å². The Morgan fingerprint density at radius 2 is 1.83 bits per heavy atom. The van der Waals surface area contributed by atoms with Gasteiger partial charge in [0.05, 0.1) is 13.3 Å². The standard InChI is InChI=1S/C18H16N4O/c1-23-17-10-9-13(14-6-2-3-7-15(14)17)12-21-22-18(19)16-8-4-5-11-20-16/h2-12H,1H3,(H2,19,22)/b21-12+. The van der Waals surface area contributed by atoms with E-state index in [1.165, 1.54) is 0 Å². The number of pyridine rings is 1. The highest BCUT2D eigenvalue weighted by molar-refractivity contribution is 6.02. The SMILES string of the molecule is COc1ccc(/C=N/N=C(\N)c2ccccn2)c2ccccc12. The highest BCUT2D eigenvalue weighted by atomic mass is 16.5. The Bertz CT molecular complexity index is 873. The number of benzene rings is 2. The van der Waals surface area contributed by atoms with E-state index in [2.05, 4.69) is 15.2 Å². The van der Waals surface area contributed by atoms with Crippen LogP contribution >= 0.6 is 0 Å². The van der Waals surface area contributed by atoms with E-state index in [1.807, 2.05) is 48.5 Å². The number of ether oxygens (including phenoxy) is 1. The molecule has 0 spiro atoms. The molecule has 23 heavy (non-hydrogen) atoms. The number of nitrogens with zero attached hydrogens (tertiary/aromatic N) is 3. The van der Waals surface area contributed by atoms with Crippen LogP contribution in [0.1, 0.15) is 11.3 Å². The summed E-state index contributed by atoms with van der Waals surface area (Å²) in [5, 5.41) is 10.2. The summed E-state index contributed by atoms with van der Waals surface area (Å²) in [5.74, 6) is 1.11. The molecule has 1 heterocycles. The van der Waals surface area contributed by atoms with Crippen LogP contribution in [0.3, 0.4) is 0 Å². The van der Waals surface area contributed by atoms with E-state index in [9.17, 15) is 0 Å². The van der Waals surface area contributed by atoms with Crippen molar-refractivity contribution in [3.05, 3.63) is 72.1 Å². The number of fused-ring (bicyclic) bond motifs is 1. The van der Waals surface area contributed by atoms with Crippen LogP contribution in [0.4, 0.5) is 0 Å². The minimum absolute atomic E-state index is 0.277. The van der Waals surface area contributed by atoms with Crippen LogP contribution < -0.4 is 10.5 Å². The zero-order valence-corrected chi connectivity index (χ0v) is 12.7. The van der Waals surface area contributed by atoms with Gasteiger partial charge in [0, 0.05) is 17.1 Å². The molecule has 0 radical (unpaired) electrons. The average Bonchev–Trinajstić information content (AvgIpc) is 2.62. The van der Waals surface area contributed by atoms with Crippen molar-refractivity contribution in [2.24, 2.45) is 15.9 Å². The summed E-state index contributed by atoms with van der Waals surface area (Å²) in [6.45, 7) is 0. The molecule has 0 aliphatic carbocycles. The Balaban J connectivity index is 1.93. The first-order valence-corrected chi connectivity index (χ1v) is 7.13. The molecule has 5 nitrogen and oxygen atoms in total. The van der Waals surface area contributed by atoms with Gasteiger partial charge < -0.3 is 10.5 Å². The molecule has 114 valence electrons. The van der Waals surface area contributed by atoms with E-state index < -0.39 is 0 Å². The maximum atomic E-state index is 5.87. The molecule has 3 rings (SSSR count). The number of aromatic nitrogens is 1. The number of amidine groups is 1. The average molecular weight is 304 g/mol. The van der Waals surface area contributed by atoms with Gasteiger partial charge in [0.1, 0.15) is 11.4 Å². The first-order valence-electron chi connectivity index (χ1n) is 7.13. The van der Waals surface area contributed by atoms with Gasteiger partial charge in [0.15, 0.2) is 5.84 Å². The van der Waals surface area contributed by atoms with Gasteiger partial charge in [-0.05, 0) is 29.7 Å². The Labute approximate surface area is 134 Å². The lowest BCUT2D eigenvalue weighted by Gasteiger charge is -2.07. The van der Waals surface area contributed by atoms with Crippen LogP contribution in [0.15, 0.2) is 71.0 Å². The lowest BCUT2D eigenvalue weighted by atomic mass is 10.0. The molecule has 2 aromatic carbocycles. The Kier molecular flexibility index (Phi) is 4.29. The van der Waals surface area contributed by atoms with Crippen LogP contribution in [-0.4, -0.2) is 24.1 Å². The lowest BCUT2D eigenvalue weighted by molar-refractivity contribution is 0.420. The first-order chi connectivity index (χ1) is 11.3. The van der Waals surface area contributed by atoms with Crippen LogP contribution in [0, 0.1) is 0 Å². The molecule has 0 bridgehead atoms. The largest absolute Gasteiger partial charge is 0.496 e. The summed E-state index contributed by atoms with van der Waals surface area (Å²) in [4.78, 5) is 4.13. The third-order valence-corrected chi connectivity index (χ3v) is 3.43. The molecular formula is C18H16N4O. The maximum absolute atomic E-state index is 5.87. The van der Waals surface area contributed by atoms with E-state index in [0.29, 0.717) is 5.69 Å². The van der Waals surface area contributed by atoms with E-state index in [4.69, 9.17) is 10.5 Å². The fourth-order valence-electron chi connectivity index (χ4n) is 2.30. The van der Waals surface area contributed by atoms with Crippen LogP contribution in [0.5, 0.6) is 5.75 Å². The predicted molar refractivity (Wildman–Crippen MR) is 93.1 cm³/mol. The van der Waals surface area contributed by atoms with Crippen LogP contribution in [0.2, 0.25) is 0 Å². The summed E-state index contributed by atoms with van der Waals surface area (Å²) in [6.07, 6.45) is 3.34. The minimum atomic E-state index is 0.277. The smallest absolute Gasteiger partial charge is 0.171 e. The molecule has 0 saturated heterocycles. The van der Waals surface area contributed by atoms with Gasteiger partial charge in [0.25, 0.3) is 0 Å². The Hall–Kier alpha value is -3.21. The normalized spacial score (nSPS) is 12.0. The molecular weight excluding hydrogens is 288 g/mol. The van der Waals surface area contributed by atoms with Crippen LogP contribution in [0.25, 0.3) is 10.8 Å². The van der Waals surface area contributed by atoms with Gasteiger partial charge in [-0.3, -0.25) is 4.98 Å². The highest BCUT2D eigenvalue weighted by Gasteiger charge is 2.04. The molecule has 0 fully saturated rings. The van der Waals surface area contributed by atoms with E-state index in [0.717, 1.165) is 22.1 Å². The summed E-state index contributed by atoms with van der Waals surface area (Å²) >= 11 is 0. The Morgan fingerprint density at radius 3 is 2.57 bits per heavy atom. The van der Waals surface area contributed by atoms with E-state index in [-0.39, 0.29) is 5.84 Å². The van der Waals surface area contributed by atoms with Gasteiger partial charge in [0.2, 0.25) is 0 Å². The monoisotopic (exact) mass is 304 g/mol. The summed E-state index contributed by atoms with van der Waals surface area (Å²) < 4.78 is 5.38. The highest BCUT2D eigenvalue weighted by Crippen LogP contribution is 2.27. The van der Waals surface area contributed by atoms with Crippen molar-refractivity contribution in [3.63, 3.8) is 0 Å². The third kappa shape index (κ3) is 3.18. The second-order valence-corrected chi connectivity index (χ2v) is 4.85. The topological polar surface area (TPSA) is 72.9 Å². The summed E-state index contributed by atoms with van der Waals surface area (Å²) in [7, 11) is 1.66. The summed E-state index contributed by atoms with van der Waals surface area (Å²) in [5.41, 5.74) is 7.42. The van der Waals surface area contributed by atoms with Crippen molar-refractivity contribution in [3.8, 4) is 5.75 Å². The molecule has 0 atom stereocenters. The zero-order valence-electron chi connectivity index (χ0n) is 12.7. The van der Waals surface area contributed by atoms with Crippen molar-refractivity contribution in [1.82, 2.24) is 4.98 Å². The van der Waals surface area contributed by atoms with Crippen LogP contribution in [-0.2, 0) is 0 Å². The number of hydrogen-bond donors (Lipinski definition) is 1. The van der Waals surface area contributed by atoms with Crippen molar-refractivity contribution >= 4 is 22.8 Å². The quantitative estimate of drug-likeness (QED) is 0.457. The van der Waals surface area contributed by atoms with Crippen molar-refractivity contribution in [2.45, 2.75) is 0 Å². The first kappa shape index (κ1) is 14.7. The van der Waals surface area contributed by atoms with Crippen molar-refractivity contribution in [1.29, 1.82) is 0 Å². The molecule has 0 amide bonds. The van der Waals surface area contributed by atoms with Gasteiger partial charge in [-0.2, -0.15) is 5.10 Å². The fraction of sp³-hybridized carbons (Fsp3) is 0.0556. The Morgan fingerprint density at radius 1 is 1.04 bits per heavy atom. The molecule has 0 saturated carbocycles. The molecule has 0 unspecified atom stereocenters. The number of hydrogen-bond acceptors (Lipinski definition) is 4. The van der Waals surface area contributed by atoms with Gasteiger partial charge in [-0.25, -0.2) is 0 Å². The molecule has 0 aliphatic rings. The molecule has 0 aliphatic heterocycles.